The summed E-state index contributed by atoms with van der Waals surface area (Å²) in [6.07, 6.45) is 0. The minimum absolute atomic E-state index is 0.0477. The van der Waals surface area contributed by atoms with E-state index in [1.165, 1.54) is 12.1 Å². The predicted octanol–water partition coefficient (Wildman–Crippen LogP) is 0.448. The van der Waals surface area contributed by atoms with Crippen LogP contribution in [-0.4, -0.2) is 12.5 Å². The van der Waals surface area contributed by atoms with Crippen molar-refractivity contribution in [1.82, 2.24) is 0 Å². The summed E-state index contributed by atoms with van der Waals surface area (Å²) in [5.74, 6) is -0.535. The van der Waals surface area contributed by atoms with Gasteiger partial charge in [0.15, 0.2) is 0 Å². The molecule has 1 aromatic rings. The summed E-state index contributed by atoms with van der Waals surface area (Å²) in [5.41, 5.74) is 0.229. The van der Waals surface area contributed by atoms with Crippen LogP contribution in [0.1, 0.15) is 0 Å². The van der Waals surface area contributed by atoms with Gasteiger partial charge in [0.1, 0.15) is 5.82 Å². The highest BCUT2D eigenvalue weighted by molar-refractivity contribution is 6.46. The van der Waals surface area contributed by atoms with Gasteiger partial charge < -0.3 is 5.02 Å². The van der Waals surface area contributed by atoms with E-state index in [0.29, 0.717) is 0 Å². The van der Waals surface area contributed by atoms with Crippen molar-refractivity contribution >= 4 is 24.5 Å². The fraction of sp³-hybridized carbons (Fsp3) is 0. The number of hydrogen-bond acceptors (Lipinski definition) is 1. The minimum Gasteiger partial charge on any atom is -0.449 e. The van der Waals surface area contributed by atoms with Gasteiger partial charge in [0.25, 0.3) is 0 Å². The maximum atomic E-state index is 12.7. The standard InChI is InChI=1S/C6H5BClFO/c8-5-3-1-2-4(7-10)6(5)9/h1-3,7,10H. The molecular formula is C6H5BClFO. The highest BCUT2D eigenvalue weighted by Crippen LogP contribution is 2.09. The van der Waals surface area contributed by atoms with E-state index < -0.39 is 5.82 Å². The maximum Gasteiger partial charge on any atom is 0.307 e. The van der Waals surface area contributed by atoms with Crippen molar-refractivity contribution in [2.24, 2.45) is 0 Å². The van der Waals surface area contributed by atoms with Crippen molar-refractivity contribution in [2.45, 2.75) is 0 Å². The molecule has 0 fully saturated rings. The van der Waals surface area contributed by atoms with E-state index in [9.17, 15) is 4.39 Å². The Bertz CT molecular complexity index is 241. The lowest BCUT2D eigenvalue weighted by Crippen LogP contribution is -2.17. The molecule has 0 bridgehead atoms. The Morgan fingerprint density at radius 3 is 2.70 bits per heavy atom. The van der Waals surface area contributed by atoms with Crippen LogP contribution in [0.3, 0.4) is 0 Å². The van der Waals surface area contributed by atoms with Crippen molar-refractivity contribution in [1.29, 1.82) is 0 Å². The molecule has 10 heavy (non-hydrogen) atoms. The molecule has 0 aliphatic heterocycles. The lowest BCUT2D eigenvalue weighted by molar-refractivity contribution is 0.602. The third-order valence-corrected chi connectivity index (χ3v) is 1.49. The fourth-order valence-corrected chi connectivity index (χ4v) is 0.865. The first-order chi connectivity index (χ1) is 4.75. The largest absolute Gasteiger partial charge is 0.449 e. The molecule has 4 heteroatoms. The lowest BCUT2D eigenvalue weighted by atomic mass is 9.88. The second-order valence-electron chi connectivity index (χ2n) is 1.87. The Kier molecular flexibility index (Phi) is 2.30. The van der Waals surface area contributed by atoms with Gasteiger partial charge in [-0.05, 0) is 11.5 Å². The molecule has 0 amide bonds. The molecule has 0 spiro atoms. The third kappa shape index (κ3) is 1.30. The van der Waals surface area contributed by atoms with E-state index in [2.05, 4.69) is 0 Å². The number of hydrogen-bond donors (Lipinski definition) is 1. The van der Waals surface area contributed by atoms with Crippen molar-refractivity contribution in [3.8, 4) is 0 Å². The summed E-state index contributed by atoms with van der Waals surface area (Å²) < 4.78 is 12.7. The second kappa shape index (κ2) is 3.04. The molecular weight excluding hydrogens is 153 g/mol. The smallest absolute Gasteiger partial charge is 0.307 e. The van der Waals surface area contributed by atoms with E-state index in [-0.39, 0.29) is 18.0 Å². The average Bonchev–Trinajstić information content (AvgIpc) is 1.95. The predicted molar refractivity (Wildman–Crippen MR) is 40.4 cm³/mol. The molecule has 0 atom stereocenters. The zero-order valence-electron chi connectivity index (χ0n) is 5.14. The molecule has 1 aromatic carbocycles. The quantitative estimate of drug-likeness (QED) is 0.588. The van der Waals surface area contributed by atoms with Crippen LogP contribution in [0, 0.1) is 5.82 Å². The molecule has 0 aromatic heterocycles. The molecule has 1 nitrogen and oxygen atoms in total. The summed E-state index contributed by atoms with van der Waals surface area (Å²) in [7, 11) is -0.313. The second-order valence-corrected chi connectivity index (χ2v) is 2.28. The summed E-state index contributed by atoms with van der Waals surface area (Å²) in [6, 6.07) is 4.52. The van der Waals surface area contributed by atoms with Crippen LogP contribution in [0.15, 0.2) is 18.2 Å². The van der Waals surface area contributed by atoms with Gasteiger partial charge in [-0.2, -0.15) is 0 Å². The molecule has 1 N–H and O–H groups in total. The fourth-order valence-electron chi connectivity index (χ4n) is 0.671. The van der Waals surface area contributed by atoms with Gasteiger partial charge in [0.2, 0.25) is 0 Å². The first-order valence-electron chi connectivity index (χ1n) is 2.79. The number of rotatable bonds is 1. The highest BCUT2D eigenvalue weighted by atomic mass is 35.5. The van der Waals surface area contributed by atoms with Crippen LogP contribution in [-0.2, 0) is 0 Å². The van der Waals surface area contributed by atoms with Gasteiger partial charge in [-0.1, -0.05) is 23.7 Å². The van der Waals surface area contributed by atoms with Crippen LogP contribution >= 0.6 is 11.6 Å². The minimum atomic E-state index is -0.535. The Labute approximate surface area is 63.7 Å². The van der Waals surface area contributed by atoms with Crippen molar-refractivity contribution < 1.29 is 9.41 Å². The van der Waals surface area contributed by atoms with Gasteiger partial charge in [-0.3, -0.25) is 0 Å². The zero-order chi connectivity index (χ0) is 7.56. The van der Waals surface area contributed by atoms with Crippen molar-refractivity contribution in [3.63, 3.8) is 0 Å². The summed E-state index contributed by atoms with van der Waals surface area (Å²) in [5, 5.41) is 8.59. The van der Waals surface area contributed by atoms with Gasteiger partial charge in [0, 0.05) is 0 Å². The molecule has 1 rings (SSSR count). The van der Waals surface area contributed by atoms with Crippen LogP contribution in [0.2, 0.25) is 5.02 Å². The Morgan fingerprint density at radius 1 is 1.50 bits per heavy atom. The maximum absolute atomic E-state index is 12.7. The Balaban J connectivity index is 3.14. The first-order valence-corrected chi connectivity index (χ1v) is 3.17. The Hall–Kier alpha value is -0.535. The van der Waals surface area contributed by atoms with E-state index >= 15 is 0 Å². The third-order valence-electron chi connectivity index (χ3n) is 1.20. The SMILES string of the molecule is OBc1cccc(Cl)c1F. The monoisotopic (exact) mass is 158 g/mol. The van der Waals surface area contributed by atoms with Gasteiger partial charge in [-0.15, -0.1) is 0 Å². The van der Waals surface area contributed by atoms with Crippen LogP contribution < -0.4 is 5.46 Å². The normalized spacial score (nSPS) is 9.50. The van der Waals surface area contributed by atoms with E-state index in [1.807, 2.05) is 0 Å². The van der Waals surface area contributed by atoms with E-state index in [0.717, 1.165) is 0 Å². The highest BCUT2D eigenvalue weighted by Gasteiger charge is 2.04. The molecule has 0 aliphatic rings. The van der Waals surface area contributed by atoms with Crippen molar-refractivity contribution in [3.05, 3.63) is 29.0 Å². The van der Waals surface area contributed by atoms with E-state index in [4.69, 9.17) is 16.6 Å². The number of benzene rings is 1. The molecule has 0 saturated heterocycles. The van der Waals surface area contributed by atoms with Gasteiger partial charge in [-0.25, -0.2) is 4.39 Å². The average molecular weight is 158 g/mol. The van der Waals surface area contributed by atoms with E-state index in [1.54, 1.807) is 6.07 Å². The first kappa shape index (κ1) is 7.57. The molecule has 0 unspecified atom stereocenters. The number of halogens is 2. The Morgan fingerprint density at radius 2 is 2.20 bits per heavy atom. The molecule has 52 valence electrons. The molecule has 0 saturated carbocycles. The molecule has 0 heterocycles. The van der Waals surface area contributed by atoms with Gasteiger partial charge in [0.05, 0.1) is 5.02 Å². The van der Waals surface area contributed by atoms with Crippen LogP contribution in [0.25, 0.3) is 0 Å². The zero-order valence-corrected chi connectivity index (χ0v) is 5.90. The summed E-state index contributed by atoms with van der Waals surface area (Å²) in [4.78, 5) is 0. The summed E-state index contributed by atoms with van der Waals surface area (Å²) >= 11 is 5.41. The lowest BCUT2D eigenvalue weighted by Gasteiger charge is -1.97. The summed E-state index contributed by atoms with van der Waals surface area (Å²) in [6.45, 7) is 0. The van der Waals surface area contributed by atoms with Gasteiger partial charge >= 0.3 is 7.48 Å². The van der Waals surface area contributed by atoms with Crippen LogP contribution in [0.4, 0.5) is 4.39 Å². The van der Waals surface area contributed by atoms with Crippen molar-refractivity contribution in [2.75, 3.05) is 0 Å². The van der Waals surface area contributed by atoms with Crippen LogP contribution in [0.5, 0.6) is 0 Å². The molecule has 0 aliphatic carbocycles. The molecule has 0 radical (unpaired) electrons. The topological polar surface area (TPSA) is 20.2 Å².